The number of anilines is 3. The van der Waals surface area contributed by atoms with Crippen LogP contribution in [0.15, 0.2) is 24.3 Å². The van der Waals surface area contributed by atoms with Crippen LogP contribution in [0.3, 0.4) is 0 Å². The molecule has 0 unspecified atom stereocenters. The van der Waals surface area contributed by atoms with Crippen LogP contribution in [-0.2, 0) is 0 Å². The lowest BCUT2D eigenvalue weighted by Crippen LogP contribution is -2.45. The number of hydrogen-bond donors (Lipinski definition) is 6. The molecule has 0 saturated carbocycles. The van der Waals surface area contributed by atoms with Crippen molar-refractivity contribution < 1.29 is 27.1 Å². The number of nitrogen functional groups attached to an aromatic ring is 1. The van der Waals surface area contributed by atoms with E-state index in [1.54, 1.807) is 33.0 Å². The van der Waals surface area contributed by atoms with Crippen LogP contribution in [0.4, 0.5) is 30.4 Å². The van der Waals surface area contributed by atoms with E-state index in [1.165, 1.54) is 6.07 Å². The number of benzene rings is 2. The Morgan fingerprint density at radius 1 is 1.22 bits per heavy atom. The quantitative estimate of drug-likeness (QED) is 0.186. The number of hydrogen-bond acceptors (Lipinski definition) is 9. The lowest BCUT2D eigenvalue weighted by Gasteiger charge is -2.43. The Morgan fingerprint density at radius 3 is 2.57 bits per heavy atom. The van der Waals surface area contributed by atoms with Gasteiger partial charge in [-0.1, -0.05) is 0 Å². The molecule has 2 aromatic carbocycles. The zero-order valence-electron chi connectivity index (χ0n) is 20.5. The molecule has 1 saturated heterocycles. The van der Waals surface area contributed by atoms with Gasteiger partial charge in [0, 0.05) is 48.0 Å². The number of aryl methyl sites for hydroxylation is 1. The van der Waals surface area contributed by atoms with Gasteiger partial charge in [-0.25, -0.2) is 23.1 Å². The van der Waals surface area contributed by atoms with Crippen molar-refractivity contribution in [2.75, 3.05) is 42.3 Å². The van der Waals surface area contributed by atoms with Gasteiger partial charge >= 0.3 is 0 Å². The van der Waals surface area contributed by atoms with Crippen molar-refractivity contribution in [3.8, 4) is 0 Å². The molecule has 0 aliphatic carbocycles. The first kappa shape index (κ1) is 26.9. The van der Waals surface area contributed by atoms with E-state index in [1.807, 2.05) is 0 Å². The molecule has 0 amide bonds. The maximum absolute atomic E-state index is 14.8. The molecule has 7 N–H and O–H groups in total. The van der Waals surface area contributed by atoms with E-state index in [4.69, 9.17) is 5.73 Å². The Balaban J connectivity index is 1.76. The molecule has 2 heterocycles. The Morgan fingerprint density at radius 2 is 1.92 bits per heavy atom. The molecule has 3 aromatic rings. The van der Waals surface area contributed by atoms with Crippen LogP contribution in [0.25, 0.3) is 10.9 Å². The normalized spacial score (nSPS) is 19.0. The molecule has 0 spiro atoms. The van der Waals surface area contributed by atoms with E-state index in [0.29, 0.717) is 34.8 Å². The lowest BCUT2D eigenvalue weighted by atomic mass is 10.0. The Kier molecular flexibility index (Phi) is 7.51. The van der Waals surface area contributed by atoms with Crippen molar-refractivity contribution in [2.45, 2.75) is 31.6 Å². The van der Waals surface area contributed by atoms with Crippen LogP contribution in [0.1, 0.15) is 46.7 Å². The van der Waals surface area contributed by atoms with E-state index < -0.39 is 45.5 Å². The maximum Gasteiger partial charge on any atom is 0.266 e. The summed E-state index contributed by atoms with van der Waals surface area (Å²) in [7, 11) is -1.49. The number of alkyl halides is 2. The monoisotopic (exact) mass is 538 g/mol. The fourth-order valence-electron chi connectivity index (χ4n) is 4.43. The van der Waals surface area contributed by atoms with Gasteiger partial charge in [0.2, 0.25) is 0 Å². The Labute approximate surface area is 213 Å². The summed E-state index contributed by atoms with van der Waals surface area (Å²) in [5.74, 6) is -0.744. The van der Waals surface area contributed by atoms with Crippen molar-refractivity contribution in [1.82, 2.24) is 15.3 Å². The number of carbonyl (C=O) groups is 1. The van der Waals surface area contributed by atoms with Gasteiger partial charge in [0.25, 0.3) is 6.43 Å². The molecule has 2 atom stereocenters. The first-order valence-corrected chi connectivity index (χ1v) is 13.3. The van der Waals surface area contributed by atoms with Crippen LogP contribution in [0.2, 0.25) is 0 Å². The molecule has 1 aromatic heterocycles. The van der Waals surface area contributed by atoms with Gasteiger partial charge in [-0.05, 0) is 38.1 Å². The van der Waals surface area contributed by atoms with Gasteiger partial charge in [0.05, 0.1) is 22.9 Å². The number of rotatable bonds is 7. The zero-order valence-corrected chi connectivity index (χ0v) is 21.3. The summed E-state index contributed by atoms with van der Waals surface area (Å²) in [6.45, 7) is 3.78. The van der Waals surface area contributed by atoms with E-state index in [-0.39, 0.29) is 29.1 Å². The highest BCUT2D eigenvalue weighted by molar-refractivity contribution is 8.25. The summed E-state index contributed by atoms with van der Waals surface area (Å²) in [4.78, 5) is 22.2. The number of nitrogens with one attached hydrogen (secondary N) is 3. The number of fused-ring (bicyclic) bond motifs is 1. The number of aromatic nitrogens is 2. The number of Topliss-reactive ketones (excluding diaryl/α,β-unsaturated/α-hetero) is 1. The van der Waals surface area contributed by atoms with Crippen molar-refractivity contribution >= 4 is 44.5 Å². The second-order valence-corrected chi connectivity index (χ2v) is 11.4. The predicted octanol–water partition coefficient (Wildman–Crippen LogP) is 4.72. The molecule has 1 fully saturated rings. The fourth-order valence-corrected chi connectivity index (χ4v) is 6.02. The van der Waals surface area contributed by atoms with Crippen molar-refractivity contribution in [3.63, 3.8) is 0 Å². The second-order valence-electron chi connectivity index (χ2n) is 8.94. The average molecular weight is 539 g/mol. The minimum absolute atomic E-state index is 0.00729. The van der Waals surface area contributed by atoms with E-state index >= 15 is 0 Å². The van der Waals surface area contributed by atoms with Crippen LogP contribution in [-0.4, -0.2) is 56.0 Å². The lowest BCUT2D eigenvalue weighted by molar-refractivity contribution is 0.0982. The third kappa shape index (κ3) is 5.30. The molecular formula is C24H29F3N6O3S. The first-order valence-electron chi connectivity index (χ1n) is 11.6. The third-order valence-corrected chi connectivity index (χ3v) is 8.44. The highest BCUT2D eigenvalue weighted by Crippen LogP contribution is 2.47. The molecular weight excluding hydrogens is 509 g/mol. The second kappa shape index (κ2) is 10.3. The first-order chi connectivity index (χ1) is 17.4. The minimum atomic E-state index is -3.11. The van der Waals surface area contributed by atoms with E-state index in [9.17, 15) is 27.1 Å². The van der Waals surface area contributed by atoms with Crippen molar-refractivity contribution in [3.05, 3.63) is 52.6 Å². The standard InChI is InChI=1S/C24H29F3N6O3S/c1-11(14-6-13(28)7-17(21(14)25)23(26)27)31-24-16-9-18(29-3)15(8-19(16)32-12(2)33-24)22(34)20-10-30-4-5-37(20,35)36/h6-9,11,20,23,29-30,35-36H,4-5,10,28H2,1-3H3,(H,31,32,33)/t11-,20-/m1/s1. The summed E-state index contributed by atoms with van der Waals surface area (Å²) < 4.78 is 62.4. The SMILES string of the molecule is CNc1cc2c(N[C@H](C)c3cc(N)cc(C(F)F)c3F)nc(C)nc2cc1C(=O)[C@H]1CNCCS1(O)O. The largest absolute Gasteiger partial charge is 0.399 e. The maximum atomic E-state index is 14.8. The molecule has 13 heteroatoms. The minimum Gasteiger partial charge on any atom is -0.399 e. The predicted molar refractivity (Wildman–Crippen MR) is 140 cm³/mol. The molecule has 0 radical (unpaired) electrons. The number of nitrogens with two attached hydrogens (primary N) is 1. The smallest absolute Gasteiger partial charge is 0.266 e. The summed E-state index contributed by atoms with van der Waals surface area (Å²) in [6, 6.07) is 4.60. The molecule has 4 rings (SSSR count). The van der Waals surface area contributed by atoms with Gasteiger partial charge in [0.1, 0.15) is 22.7 Å². The molecule has 1 aliphatic heterocycles. The summed E-state index contributed by atoms with van der Waals surface area (Å²) in [6.07, 6.45) is -3.02. The van der Waals surface area contributed by atoms with Crippen LogP contribution in [0.5, 0.6) is 0 Å². The van der Waals surface area contributed by atoms with E-state index in [0.717, 1.165) is 6.07 Å². The summed E-state index contributed by atoms with van der Waals surface area (Å²) >= 11 is 0. The average Bonchev–Trinajstić information content (AvgIpc) is 2.83. The third-order valence-electron chi connectivity index (χ3n) is 6.34. The van der Waals surface area contributed by atoms with Gasteiger partial charge < -0.3 is 21.7 Å². The van der Waals surface area contributed by atoms with Crippen LogP contribution in [0, 0.1) is 12.7 Å². The Bertz CT molecular complexity index is 1360. The number of ketones is 1. The molecule has 200 valence electrons. The van der Waals surface area contributed by atoms with Gasteiger partial charge in [-0.15, -0.1) is 0 Å². The fraction of sp³-hybridized carbons (Fsp3) is 0.375. The molecule has 37 heavy (non-hydrogen) atoms. The van der Waals surface area contributed by atoms with Crippen molar-refractivity contribution in [1.29, 1.82) is 0 Å². The van der Waals surface area contributed by atoms with Crippen molar-refractivity contribution in [2.24, 2.45) is 0 Å². The highest BCUT2D eigenvalue weighted by atomic mass is 32.3. The Hall–Kier alpha value is -3.13. The molecule has 0 bridgehead atoms. The number of nitrogens with zero attached hydrogens (tertiary/aromatic N) is 2. The number of halogens is 3. The molecule has 1 aliphatic rings. The highest BCUT2D eigenvalue weighted by Gasteiger charge is 2.36. The van der Waals surface area contributed by atoms with Crippen LogP contribution < -0.4 is 21.7 Å². The number of carbonyl (C=O) groups excluding carboxylic acids is 1. The summed E-state index contributed by atoms with van der Waals surface area (Å²) in [5.41, 5.74) is 5.97. The molecule has 9 nitrogen and oxygen atoms in total. The van der Waals surface area contributed by atoms with Gasteiger partial charge in [-0.3, -0.25) is 13.9 Å². The zero-order chi connectivity index (χ0) is 27.1. The van der Waals surface area contributed by atoms with Crippen LogP contribution >= 0.6 is 10.6 Å². The van der Waals surface area contributed by atoms with Gasteiger partial charge in [0.15, 0.2) is 5.78 Å². The summed E-state index contributed by atoms with van der Waals surface area (Å²) in [5, 5.41) is 8.54. The van der Waals surface area contributed by atoms with Gasteiger partial charge in [-0.2, -0.15) is 10.6 Å². The topological polar surface area (TPSA) is 145 Å². The van der Waals surface area contributed by atoms with E-state index in [2.05, 4.69) is 25.9 Å².